The topological polar surface area (TPSA) is 83.5 Å². The van der Waals surface area contributed by atoms with Crippen LogP contribution < -0.4 is 5.48 Å². The fourth-order valence-corrected chi connectivity index (χ4v) is 3.22. The molecule has 3 aromatic rings. The number of allylic oxidation sites excluding steroid dienone is 1. The summed E-state index contributed by atoms with van der Waals surface area (Å²) < 4.78 is 18.6. The third kappa shape index (κ3) is 3.50. The van der Waals surface area contributed by atoms with E-state index in [9.17, 15) is 4.39 Å². The maximum atomic E-state index is 13.1. The van der Waals surface area contributed by atoms with Crippen molar-refractivity contribution >= 4 is 17.6 Å². The number of hydrogen-bond donors (Lipinski definition) is 2. The van der Waals surface area contributed by atoms with Gasteiger partial charge in [-0.15, -0.1) is 0 Å². The molecule has 1 aliphatic rings. The lowest BCUT2D eigenvalue weighted by Gasteiger charge is -2.08. The standard InChI is InChI=1S/C20H17FN4O2/c21-15-10-8-14(9-11-15)19-24-20(27-25-19)17-7-3-5-13-4-1-2-6-16(13)18(17)22-12-23-26/h1-2,4,6,8-12,26H,3,5,7H2,(H,22,23). The smallest absolute Gasteiger partial charge is 0.256 e. The zero-order valence-corrected chi connectivity index (χ0v) is 14.4. The molecule has 4 rings (SSSR count). The van der Waals surface area contributed by atoms with Crippen LogP contribution in [0.4, 0.5) is 4.39 Å². The minimum absolute atomic E-state index is 0.321. The number of benzene rings is 2. The highest BCUT2D eigenvalue weighted by Gasteiger charge is 2.22. The van der Waals surface area contributed by atoms with Gasteiger partial charge in [0.25, 0.3) is 5.89 Å². The van der Waals surface area contributed by atoms with E-state index in [0.29, 0.717) is 29.4 Å². The van der Waals surface area contributed by atoms with Crippen LogP contribution in [0.2, 0.25) is 0 Å². The number of aryl methyl sites for hydroxylation is 1. The van der Waals surface area contributed by atoms with Gasteiger partial charge < -0.3 is 4.52 Å². The van der Waals surface area contributed by atoms with Gasteiger partial charge in [-0.1, -0.05) is 29.4 Å². The molecule has 1 aliphatic carbocycles. The second kappa shape index (κ2) is 7.51. The lowest BCUT2D eigenvalue weighted by Crippen LogP contribution is -2.03. The van der Waals surface area contributed by atoms with E-state index < -0.39 is 0 Å². The molecule has 0 radical (unpaired) electrons. The predicted molar refractivity (Wildman–Crippen MR) is 99.3 cm³/mol. The molecule has 0 amide bonds. The second-order valence-electron chi connectivity index (χ2n) is 6.16. The number of hydrogen-bond acceptors (Lipinski definition) is 5. The van der Waals surface area contributed by atoms with Crippen molar-refractivity contribution < 1.29 is 14.1 Å². The summed E-state index contributed by atoms with van der Waals surface area (Å²) in [5.74, 6) is 0.438. The number of nitrogens with zero attached hydrogens (tertiary/aromatic N) is 3. The van der Waals surface area contributed by atoms with E-state index in [0.717, 1.165) is 24.0 Å². The van der Waals surface area contributed by atoms with Crippen molar-refractivity contribution in [3.63, 3.8) is 0 Å². The molecule has 0 saturated carbocycles. The molecule has 6 nitrogen and oxygen atoms in total. The van der Waals surface area contributed by atoms with Gasteiger partial charge in [0, 0.05) is 16.7 Å². The summed E-state index contributed by atoms with van der Waals surface area (Å²) in [6.45, 7) is 0. The molecule has 27 heavy (non-hydrogen) atoms. The first-order valence-corrected chi connectivity index (χ1v) is 8.60. The summed E-state index contributed by atoms with van der Waals surface area (Å²) in [5.41, 5.74) is 6.26. The summed E-state index contributed by atoms with van der Waals surface area (Å²) in [5, 5.41) is 13.0. The molecule has 0 atom stereocenters. The summed E-state index contributed by atoms with van der Waals surface area (Å²) >= 11 is 0. The van der Waals surface area contributed by atoms with Crippen LogP contribution in [-0.4, -0.2) is 21.7 Å². The third-order valence-corrected chi connectivity index (χ3v) is 4.47. The molecular weight excluding hydrogens is 347 g/mol. The van der Waals surface area contributed by atoms with Gasteiger partial charge in [0.05, 0.1) is 5.70 Å². The van der Waals surface area contributed by atoms with Crippen LogP contribution >= 0.6 is 0 Å². The Hall–Kier alpha value is -3.32. The number of fused-ring (bicyclic) bond motifs is 1. The Kier molecular flexibility index (Phi) is 4.76. The van der Waals surface area contributed by atoms with Gasteiger partial charge in [-0.2, -0.15) is 4.98 Å². The zero-order chi connectivity index (χ0) is 18.6. The fraction of sp³-hybridized carbons (Fsp3) is 0.150. The van der Waals surface area contributed by atoms with Gasteiger partial charge in [0.2, 0.25) is 5.82 Å². The molecule has 7 heteroatoms. The van der Waals surface area contributed by atoms with Crippen LogP contribution in [0.15, 0.2) is 58.0 Å². The lowest BCUT2D eigenvalue weighted by atomic mass is 10.0. The Bertz CT molecular complexity index is 1010. The van der Waals surface area contributed by atoms with Gasteiger partial charge in [0.15, 0.2) is 0 Å². The second-order valence-corrected chi connectivity index (χ2v) is 6.16. The van der Waals surface area contributed by atoms with Crippen LogP contribution in [-0.2, 0) is 6.42 Å². The van der Waals surface area contributed by atoms with E-state index in [4.69, 9.17) is 9.73 Å². The Morgan fingerprint density at radius 2 is 1.93 bits per heavy atom. The molecule has 0 unspecified atom stereocenters. The van der Waals surface area contributed by atoms with E-state index in [2.05, 4.69) is 21.2 Å². The average molecular weight is 364 g/mol. The Morgan fingerprint density at radius 3 is 2.74 bits per heavy atom. The van der Waals surface area contributed by atoms with Crippen molar-refractivity contribution in [2.75, 3.05) is 0 Å². The summed E-state index contributed by atoms with van der Waals surface area (Å²) in [7, 11) is 0. The fourth-order valence-electron chi connectivity index (χ4n) is 3.22. The van der Waals surface area contributed by atoms with Gasteiger partial charge in [-0.05, 0) is 49.1 Å². The molecule has 1 heterocycles. The Balaban J connectivity index is 1.81. The highest BCUT2D eigenvalue weighted by Crippen LogP contribution is 2.36. The number of aliphatic imine (C=N–C) groups is 1. The van der Waals surface area contributed by atoms with Crippen LogP contribution in [0.1, 0.15) is 29.9 Å². The monoisotopic (exact) mass is 364 g/mol. The molecule has 0 saturated heterocycles. The van der Waals surface area contributed by atoms with Crippen molar-refractivity contribution in [2.24, 2.45) is 4.99 Å². The SMILES string of the molecule is ONC=NC1=C(c2nc(-c3ccc(F)cc3)no2)CCCc2ccccc21. The van der Waals surface area contributed by atoms with Crippen molar-refractivity contribution in [3.8, 4) is 11.4 Å². The quantitative estimate of drug-likeness (QED) is 0.414. The Morgan fingerprint density at radius 1 is 1.11 bits per heavy atom. The first-order valence-electron chi connectivity index (χ1n) is 8.60. The van der Waals surface area contributed by atoms with Gasteiger partial charge >= 0.3 is 0 Å². The molecule has 136 valence electrons. The van der Waals surface area contributed by atoms with Crippen molar-refractivity contribution in [2.45, 2.75) is 19.3 Å². The first kappa shape index (κ1) is 17.1. The van der Waals surface area contributed by atoms with Crippen molar-refractivity contribution in [1.82, 2.24) is 15.6 Å². The predicted octanol–water partition coefficient (Wildman–Crippen LogP) is 4.09. The number of halogens is 1. The third-order valence-electron chi connectivity index (χ3n) is 4.47. The summed E-state index contributed by atoms with van der Waals surface area (Å²) in [6.07, 6.45) is 3.74. The number of rotatable bonds is 4. The molecular formula is C20H17FN4O2. The molecule has 0 aliphatic heterocycles. The zero-order valence-electron chi connectivity index (χ0n) is 14.4. The minimum atomic E-state index is -0.321. The first-order chi connectivity index (χ1) is 13.3. The van der Waals surface area contributed by atoms with Gasteiger partial charge in [-0.25, -0.2) is 9.38 Å². The number of hydroxylamine groups is 1. The van der Waals surface area contributed by atoms with Crippen LogP contribution in [0.3, 0.4) is 0 Å². The maximum absolute atomic E-state index is 13.1. The van der Waals surface area contributed by atoms with E-state index in [1.165, 1.54) is 24.0 Å². The lowest BCUT2D eigenvalue weighted by molar-refractivity contribution is 0.240. The Labute approximate surface area is 155 Å². The maximum Gasteiger partial charge on any atom is 0.256 e. The van der Waals surface area contributed by atoms with Gasteiger partial charge in [0.1, 0.15) is 12.2 Å². The number of aromatic nitrogens is 2. The van der Waals surface area contributed by atoms with Crippen LogP contribution in [0.25, 0.3) is 22.7 Å². The molecule has 2 aromatic carbocycles. The van der Waals surface area contributed by atoms with Crippen molar-refractivity contribution in [3.05, 3.63) is 71.4 Å². The van der Waals surface area contributed by atoms with E-state index in [-0.39, 0.29) is 5.82 Å². The normalized spacial score (nSPS) is 14.3. The molecule has 1 aromatic heterocycles. The molecule has 0 spiro atoms. The van der Waals surface area contributed by atoms with Crippen LogP contribution in [0, 0.1) is 5.82 Å². The van der Waals surface area contributed by atoms with E-state index in [1.807, 2.05) is 23.7 Å². The van der Waals surface area contributed by atoms with Crippen LogP contribution in [0.5, 0.6) is 0 Å². The minimum Gasteiger partial charge on any atom is -0.334 e. The molecule has 0 bridgehead atoms. The van der Waals surface area contributed by atoms with Crippen molar-refractivity contribution in [1.29, 1.82) is 0 Å². The summed E-state index contributed by atoms with van der Waals surface area (Å²) in [6, 6.07) is 13.9. The molecule has 2 N–H and O–H groups in total. The largest absolute Gasteiger partial charge is 0.334 e. The highest BCUT2D eigenvalue weighted by atomic mass is 19.1. The van der Waals surface area contributed by atoms with Gasteiger partial charge in [-0.3, -0.25) is 10.7 Å². The average Bonchev–Trinajstić information content (AvgIpc) is 3.10. The highest BCUT2D eigenvalue weighted by molar-refractivity contribution is 5.92. The summed E-state index contributed by atoms with van der Waals surface area (Å²) in [4.78, 5) is 8.86. The van der Waals surface area contributed by atoms with E-state index >= 15 is 0 Å². The number of nitrogens with one attached hydrogen (secondary N) is 1. The molecule has 0 fully saturated rings. The van der Waals surface area contributed by atoms with E-state index in [1.54, 1.807) is 12.1 Å².